The highest BCUT2D eigenvalue weighted by atomic mass is 16.3. The Kier molecular flexibility index (Phi) is 5.20. The predicted molar refractivity (Wildman–Crippen MR) is 95.0 cm³/mol. The average Bonchev–Trinajstić information content (AvgIpc) is 3.08. The minimum absolute atomic E-state index is 0.0439. The summed E-state index contributed by atoms with van der Waals surface area (Å²) in [7, 11) is 0. The maximum atomic E-state index is 12.1. The van der Waals surface area contributed by atoms with Crippen molar-refractivity contribution in [1.82, 2.24) is 10.2 Å². The second-order valence-electron chi connectivity index (χ2n) is 6.47. The largest absolute Gasteiger partial charge is 0.467 e. The monoisotopic (exact) mass is 327 g/mol. The molecule has 0 saturated carbocycles. The lowest BCUT2D eigenvalue weighted by Gasteiger charge is -2.41. The van der Waals surface area contributed by atoms with Crippen LogP contribution < -0.4 is 10.2 Å². The van der Waals surface area contributed by atoms with E-state index in [9.17, 15) is 4.79 Å². The van der Waals surface area contributed by atoms with E-state index in [0.29, 0.717) is 19.1 Å². The first-order valence-electron chi connectivity index (χ1n) is 8.46. The minimum Gasteiger partial charge on any atom is -0.467 e. The van der Waals surface area contributed by atoms with Gasteiger partial charge in [-0.25, -0.2) is 0 Å². The number of hydrogen-bond acceptors (Lipinski definition) is 4. The summed E-state index contributed by atoms with van der Waals surface area (Å²) in [5.41, 5.74) is 2.54. The summed E-state index contributed by atoms with van der Waals surface area (Å²) in [4.78, 5) is 16.7. The molecule has 128 valence electrons. The first-order chi connectivity index (χ1) is 11.6. The first kappa shape index (κ1) is 16.6. The fourth-order valence-electron chi connectivity index (χ4n) is 3.15. The Morgan fingerprint density at radius 2 is 2.04 bits per heavy atom. The van der Waals surface area contributed by atoms with Gasteiger partial charge in [-0.1, -0.05) is 17.7 Å². The summed E-state index contributed by atoms with van der Waals surface area (Å²) in [6.45, 7) is 7.93. The van der Waals surface area contributed by atoms with Crippen molar-refractivity contribution in [1.29, 1.82) is 0 Å². The summed E-state index contributed by atoms with van der Waals surface area (Å²) < 4.78 is 5.23. The second-order valence-corrected chi connectivity index (χ2v) is 6.47. The topological polar surface area (TPSA) is 48.7 Å². The molecule has 1 atom stereocenters. The Bertz CT molecular complexity index is 652. The normalized spacial score (nSPS) is 18.6. The fourth-order valence-corrected chi connectivity index (χ4v) is 3.15. The number of amides is 1. The van der Waals surface area contributed by atoms with Gasteiger partial charge >= 0.3 is 0 Å². The predicted octanol–water partition coefficient (Wildman–Crippen LogP) is 2.41. The third-order valence-electron chi connectivity index (χ3n) is 4.48. The lowest BCUT2D eigenvalue weighted by molar-refractivity contribution is -0.122. The zero-order valence-corrected chi connectivity index (χ0v) is 14.4. The summed E-state index contributed by atoms with van der Waals surface area (Å²) in [5.74, 6) is 0.822. The molecule has 0 spiro atoms. The molecule has 1 aliphatic heterocycles. The van der Waals surface area contributed by atoms with Gasteiger partial charge in [-0.3, -0.25) is 9.69 Å². The van der Waals surface area contributed by atoms with Crippen LogP contribution in [0.1, 0.15) is 18.2 Å². The number of hydrogen-bond donors (Lipinski definition) is 1. The van der Waals surface area contributed by atoms with Crippen LogP contribution in [0.5, 0.6) is 0 Å². The standard InChI is InChI=1S/C19H25N3O2/c1-15-5-7-17(8-6-15)22-10-9-21(13-16(22)2)14-19(23)20-12-18-4-3-11-24-18/h3-8,11,16H,9-10,12-14H2,1-2H3,(H,20,23)/t16-/m0/s1. The molecule has 2 heterocycles. The molecule has 0 bridgehead atoms. The van der Waals surface area contributed by atoms with E-state index < -0.39 is 0 Å². The van der Waals surface area contributed by atoms with E-state index in [0.717, 1.165) is 25.4 Å². The highest BCUT2D eigenvalue weighted by Gasteiger charge is 2.25. The molecule has 0 unspecified atom stereocenters. The number of nitrogens with one attached hydrogen (secondary N) is 1. The number of piperazine rings is 1. The Morgan fingerprint density at radius 3 is 2.71 bits per heavy atom. The number of carbonyl (C=O) groups excluding carboxylic acids is 1. The minimum atomic E-state index is 0.0439. The molecule has 1 aliphatic rings. The quantitative estimate of drug-likeness (QED) is 0.916. The van der Waals surface area contributed by atoms with Crippen molar-refractivity contribution in [2.45, 2.75) is 26.4 Å². The molecule has 1 N–H and O–H groups in total. The third kappa shape index (κ3) is 4.17. The van der Waals surface area contributed by atoms with Crippen LogP contribution in [0.2, 0.25) is 0 Å². The van der Waals surface area contributed by atoms with Gasteiger partial charge in [0.05, 0.1) is 19.4 Å². The van der Waals surface area contributed by atoms with Gasteiger partial charge < -0.3 is 14.6 Å². The molecule has 5 nitrogen and oxygen atoms in total. The van der Waals surface area contributed by atoms with Gasteiger partial charge in [0.15, 0.2) is 0 Å². The fraction of sp³-hybridized carbons (Fsp3) is 0.421. The lowest BCUT2D eigenvalue weighted by atomic mass is 10.1. The molecule has 1 aromatic carbocycles. The van der Waals surface area contributed by atoms with E-state index in [1.807, 2.05) is 12.1 Å². The second kappa shape index (κ2) is 7.53. The van der Waals surface area contributed by atoms with Crippen LogP contribution in [-0.2, 0) is 11.3 Å². The first-order valence-corrected chi connectivity index (χ1v) is 8.46. The van der Waals surface area contributed by atoms with Gasteiger partial charge in [0.1, 0.15) is 5.76 Å². The number of rotatable bonds is 5. The Morgan fingerprint density at radius 1 is 1.25 bits per heavy atom. The number of aryl methyl sites for hydroxylation is 1. The van der Waals surface area contributed by atoms with E-state index in [4.69, 9.17) is 4.42 Å². The van der Waals surface area contributed by atoms with Crippen molar-refractivity contribution in [2.75, 3.05) is 31.1 Å². The molecule has 1 fully saturated rings. The highest BCUT2D eigenvalue weighted by molar-refractivity contribution is 5.78. The Balaban J connectivity index is 1.48. The van der Waals surface area contributed by atoms with Crippen LogP contribution in [0.4, 0.5) is 5.69 Å². The lowest BCUT2D eigenvalue weighted by Crippen LogP contribution is -2.54. The van der Waals surface area contributed by atoms with E-state index in [-0.39, 0.29) is 5.91 Å². The summed E-state index contributed by atoms with van der Waals surface area (Å²) >= 11 is 0. The zero-order chi connectivity index (χ0) is 16.9. The zero-order valence-electron chi connectivity index (χ0n) is 14.4. The van der Waals surface area contributed by atoms with Crippen LogP contribution in [0.3, 0.4) is 0 Å². The van der Waals surface area contributed by atoms with E-state index in [1.165, 1.54) is 11.3 Å². The molecule has 5 heteroatoms. The van der Waals surface area contributed by atoms with Crippen molar-refractivity contribution in [3.63, 3.8) is 0 Å². The molecule has 1 saturated heterocycles. The van der Waals surface area contributed by atoms with Crippen molar-refractivity contribution in [3.8, 4) is 0 Å². The van der Waals surface area contributed by atoms with Crippen LogP contribution in [0.15, 0.2) is 47.1 Å². The average molecular weight is 327 g/mol. The summed E-state index contributed by atoms with van der Waals surface area (Å²) in [6.07, 6.45) is 1.62. The molecule has 0 aliphatic carbocycles. The molecule has 24 heavy (non-hydrogen) atoms. The molecular weight excluding hydrogens is 302 g/mol. The van der Waals surface area contributed by atoms with Gasteiger partial charge in [-0.05, 0) is 38.1 Å². The molecule has 0 radical (unpaired) electrons. The van der Waals surface area contributed by atoms with E-state index >= 15 is 0 Å². The van der Waals surface area contributed by atoms with Crippen LogP contribution in [0.25, 0.3) is 0 Å². The van der Waals surface area contributed by atoms with Gasteiger partial charge in [-0.15, -0.1) is 0 Å². The highest BCUT2D eigenvalue weighted by Crippen LogP contribution is 2.20. The third-order valence-corrected chi connectivity index (χ3v) is 4.48. The van der Waals surface area contributed by atoms with Crippen molar-refractivity contribution < 1.29 is 9.21 Å². The Labute approximate surface area is 143 Å². The van der Waals surface area contributed by atoms with Crippen LogP contribution in [-0.4, -0.2) is 43.0 Å². The molecule has 1 amide bonds. The van der Waals surface area contributed by atoms with Gasteiger partial charge in [0.2, 0.25) is 5.91 Å². The molecule has 2 aromatic rings. The van der Waals surface area contributed by atoms with Gasteiger partial charge in [0, 0.05) is 31.4 Å². The summed E-state index contributed by atoms with van der Waals surface area (Å²) in [6, 6.07) is 12.7. The van der Waals surface area contributed by atoms with Crippen molar-refractivity contribution in [3.05, 3.63) is 54.0 Å². The number of carbonyl (C=O) groups is 1. The summed E-state index contributed by atoms with van der Waals surface area (Å²) in [5, 5.41) is 2.91. The van der Waals surface area contributed by atoms with Crippen molar-refractivity contribution in [2.24, 2.45) is 0 Å². The molecule has 3 rings (SSSR count). The van der Waals surface area contributed by atoms with Crippen LogP contribution >= 0.6 is 0 Å². The molecule has 1 aromatic heterocycles. The van der Waals surface area contributed by atoms with Gasteiger partial charge in [-0.2, -0.15) is 0 Å². The van der Waals surface area contributed by atoms with Gasteiger partial charge in [0.25, 0.3) is 0 Å². The Hall–Kier alpha value is -2.27. The molecular formula is C19H25N3O2. The van der Waals surface area contributed by atoms with Crippen molar-refractivity contribution >= 4 is 11.6 Å². The maximum absolute atomic E-state index is 12.1. The number of nitrogens with zero attached hydrogens (tertiary/aromatic N) is 2. The SMILES string of the molecule is Cc1ccc(N2CCN(CC(=O)NCc3ccco3)C[C@@H]2C)cc1. The van der Waals surface area contributed by atoms with E-state index in [2.05, 4.69) is 53.2 Å². The number of anilines is 1. The van der Waals surface area contributed by atoms with E-state index in [1.54, 1.807) is 6.26 Å². The maximum Gasteiger partial charge on any atom is 0.234 e. The van der Waals surface area contributed by atoms with Crippen LogP contribution in [0, 0.1) is 6.92 Å². The number of benzene rings is 1. The smallest absolute Gasteiger partial charge is 0.234 e. The number of furan rings is 1.